The first-order valence-electron chi connectivity index (χ1n) is 8.93. The molecule has 0 aliphatic carbocycles. The third-order valence-electron chi connectivity index (χ3n) is 4.59. The van der Waals surface area contributed by atoms with E-state index in [1.165, 1.54) is 22.9 Å². The summed E-state index contributed by atoms with van der Waals surface area (Å²) < 4.78 is 66.5. The van der Waals surface area contributed by atoms with E-state index in [0.29, 0.717) is 6.07 Å². The maximum Gasteiger partial charge on any atom is 0.433 e. The zero-order chi connectivity index (χ0) is 22.4. The molecule has 3 aromatic heterocycles. The van der Waals surface area contributed by atoms with Crippen molar-refractivity contribution in [3.8, 4) is 11.3 Å². The molecule has 4 rings (SSSR count). The summed E-state index contributed by atoms with van der Waals surface area (Å²) in [6, 6.07) is 12.5. The molecule has 0 radical (unpaired) electrons. The van der Waals surface area contributed by atoms with E-state index in [9.17, 15) is 26.4 Å². The Balaban J connectivity index is 1.82. The van der Waals surface area contributed by atoms with Crippen LogP contribution in [0.5, 0.6) is 0 Å². The van der Waals surface area contributed by atoms with Gasteiger partial charge in [-0.3, -0.25) is 9.36 Å². The standard InChI is InChI=1S/C20H15F3N4O3S/c1-31(29,30)19-24-15(10-17(25-19)20(21,22)23)14-6-7-18(28)27(11-14)12-26-9-8-13-4-2-3-5-16(13)26/h2-11H,12H2,1H3. The number of alkyl halides is 3. The van der Waals surface area contributed by atoms with E-state index in [0.717, 1.165) is 17.2 Å². The van der Waals surface area contributed by atoms with E-state index in [2.05, 4.69) is 9.97 Å². The molecule has 7 nitrogen and oxygen atoms in total. The van der Waals surface area contributed by atoms with Crippen molar-refractivity contribution in [3.05, 3.63) is 77.0 Å². The largest absolute Gasteiger partial charge is 0.433 e. The molecule has 31 heavy (non-hydrogen) atoms. The summed E-state index contributed by atoms with van der Waals surface area (Å²) >= 11 is 0. The highest BCUT2D eigenvalue weighted by atomic mass is 32.2. The number of fused-ring (bicyclic) bond motifs is 1. The molecule has 0 amide bonds. The van der Waals surface area contributed by atoms with E-state index in [1.807, 2.05) is 34.9 Å². The van der Waals surface area contributed by atoms with Gasteiger partial charge in [-0.15, -0.1) is 0 Å². The number of pyridine rings is 1. The second-order valence-corrected chi connectivity index (χ2v) is 8.81. The van der Waals surface area contributed by atoms with Crippen LogP contribution in [0, 0.1) is 0 Å². The molecule has 0 N–H and O–H groups in total. The molecule has 0 aliphatic heterocycles. The second-order valence-electron chi connectivity index (χ2n) is 6.90. The Hall–Kier alpha value is -3.47. The lowest BCUT2D eigenvalue weighted by Crippen LogP contribution is -2.22. The Morgan fingerprint density at radius 2 is 1.74 bits per heavy atom. The lowest BCUT2D eigenvalue weighted by atomic mass is 10.2. The minimum absolute atomic E-state index is 0.107. The monoisotopic (exact) mass is 448 g/mol. The maximum atomic E-state index is 13.3. The molecule has 0 spiro atoms. The van der Waals surface area contributed by atoms with Crippen LogP contribution in [-0.2, 0) is 22.7 Å². The summed E-state index contributed by atoms with van der Waals surface area (Å²) in [7, 11) is -4.09. The van der Waals surface area contributed by atoms with Crippen LogP contribution >= 0.6 is 0 Å². The fourth-order valence-electron chi connectivity index (χ4n) is 3.11. The summed E-state index contributed by atoms with van der Waals surface area (Å²) in [6.45, 7) is 0.107. The van der Waals surface area contributed by atoms with Crippen LogP contribution in [0.4, 0.5) is 13.2 Å². The van der Waals surface area contributed by atoms with Crippen LogP contribution < -0.4 is 5.56 Å². The van der Waals surface area contributed by atoms with Gasteiger partial charge in [-0.05, 0) is 29.7 Å². The summed E-state index contributed by atoms with van der Waals surface area (Å²) in [4.78, 5) is 19.3. The Labute approximate surface area is 174 Å². The molecular weight excluding hydrogens is 433 g/mol. The number of hydrogen-bond donors (Lipinski definition) is 0. The first kappa shape index (κ1) is 20.8. The Bertz CT molecular complexity index is 1460. The summed E-state index contributed by atoms with van der Waals surface area (Å²) in [5.41, 5.74) is -0.995. The predicted molar refractivity (Wildman–Crippen MR) is 107 cm³/mol. The number of nitrogens with zero attached hydrogens (tertiary/aromatic N) is 4. The highest BCUT2D eigenvalue weighted by molar-refractivity contribution is 7.90. The van der Waals surface area contributed by atoms with Gasteiger partial charge in [-0.25, -0.2) is 18.4 Å². The number of benzene rings is 1. The molecule has 3 heterocycles. The van der Waals surface area contributed by atoms with Gasteiger partial charge >= 0.3 is 6.18 Å². The predicted octanol–water partition coefficient (Wildman–Crippen LogP) is 3.19. The number of hydrogen-bond acceptors (Lipinski definition) is 5. The number of aromatic nitrogens is 4. The van der Waals surface area contributed by atoms with Crippen molar-refractivity contribution < 1.29 is 21.6 Å². The van der Waals surface area contributed by atoms with Gasteiger partial charge in [0.1, 0.15) is 12.4 Å². The quantitative estimate of drug-likeness (QED) is 0.448. The van der Waals surface area contributed by atoms with Crippen molar-refractivity contribution in [1.82, 2.24) is 19.1 Å². The second kappa shape index (κ2) is 7.34. The van der Waals surface area contributed by atoms with E-state index in [4.69, 9.17) is 0 Å². The van der Waals surface area contributed by atoms with E-state index in [-0.39, 0.29) is 23.5 Å². The first-order valence-corrected chi connectivity index (χ1v) is 10.8. The molecule has 0 unspecified atom stereocenters. The average molecular weight is 448 g/mol. The molecular formula is C20H15F3N4O3S. The Morgan fingerprint density at radius 1 is 1.00 bits per heavy atom. The third-order valence-corrected chi connectivity index (χ3v) is 5.44. The lowest BCUT2D eigenvalue weighted by Gasteiger charge is -2.12. The van der Waals surface area contributed by atoms with Crippen LogP contribution in [0.25, 0.3) is 22.2 Å². The van der Waals surface area contributed by atoms with E-state index < -0.39 is 26.9 Å². The van der Waals surface area contributed by atoms with Crippen LogP contribution in [0.2, 0.25) is 0 Å². The van der Waals surface area contributed by atoms with E-state index in [1.54, 1.807) is 6.20 Å². The van der Waals surface area contributed by atoms with Gasteiger partial charge in [0.2, 0.25) is 15.0 Å². The van der Waals surface area contributed by atoms with Gasteiger partial charge in [-0.2, -0.15) is 13.2 Å². The normalized spacial score (nSPS) is 12.4. The highest BCUT2D eigenvalue weighted by Crippen LogP contribution is 2.30. The highest BCUT2D eigenvalue weighted by Gasteiger charge is 2.35. The van der Waals surface area contributed by atoms with Crippen molar-refractivity contribution in [1.29, 1.82) is 0 Å². The molecule has 1 aromatic carbocycles. The average Bonchev–Trinajstić information content (AvgIpc) is 3.11. The van der Waals surface area contributed by atoms with Crippen molar-refractivity contribution in [2.75, 3.05) is 6.26 Å². The smallest absolute Gasteiger partial charge is 0.329 e. The number of rotatable bonds is 4. The fraction of sp³-hybridized carbons (Fsp3) is 0.150. The first-order chi connectivity index (χ1) is 14.5. The van der Waals surface area contributed by atoms with Gasteiger partial charge in [-0.1, -0.05) is 18.2 Å². The van der Waals surface area contributed by atoms with Gasteiger partial charge in [0, 0.05) is 35.8 Å². The molecule has 0 bridgehead atoms. The topological polar surface area (TPSA) is 86.9 Å². The Morgan fingerprint density at radius 3 is 2.45 bits per heavy atom. The fourth-order valence-corrected chi connectivity index (χ4v) is 3.63. The zero-order valence-corrected chi connectivity index (χ0v) is 16.9. The van der Waals surface area contributed by atoms with Crippen molar-refractivity contribution in [2.24, 2.45) is 0 Å². The van der Waals surface area contributed by atoms with Gasteiger partial charge in [0.05, 0.1) is 5.69 Å². The van der Waals surface area contributed by atoms with Gasteiger partial charge in [0.15, 0.2) is 0 Å². The SMILES string of the molecule is CS(=O)(=O)c1nc(-c2ccc(=O)n(Cn3ccc4ccccc43)c2)cc(C(F)(F)F)n1. The molecule has 0 saturated heterocycles. The number of sulfone groups is 1. The van der Waals surface area contributed by atoms with Crippen LogP contribution in [0.15, 0.2) is 70.9 Å². The van der Waals surface area contributed by atoms with Crippen molar-refractivity contribution in [2.45, 2.75) is 18.0 Å². The summed E-state index contributed by atoms with van der Waals surface area (Å²) in [6.07, 6.45) is -1.01. The van der Waals surface area contributed by atoms with Crippen LogP contribution in [0.3, 0.4) is 0 Å². The Kier molecular flexibility index (Phi) is 4.92. The molecule has 0 fully saturated rings. The molecule has 11 heteroatoms. The van der Waals surface area contributed by atoms with Crippen molar-refractivity contribution in [3.63, 3.8) is 0 Å². The molecule has 0 atom stereocenters. The zero-order valence-electron chi connectivity index (χ0n) is 16.0. The van der Waals surface area contributed by atoms with Crippen molar-refractivity contribution >= 4 is 20.7 Å². The minimum atomic E-state index is -4.87. The summed E-state index contributed by atoms with van der Waals surface area (Å²) in [5, 5.41) is 0.0293. The van der Waals surface area contributed by atoms with Gasteiger partial charge in [0.25, 0.3) is 5.56 Å². The third kappa shape index (κ3) is 4.22. The minimum Gasteiger partial charge on any atom is -0.329 e. The van der Waals surface area contributed by atoms with Crippen LogP contribution in [0.1, 0.15) is 5.69 Å². The van der Waals surface area contributed by atoms with Gasteiger partial charge < -0.3 is 4.57 Å². The lowest BCUT2D eigenvalue weighted by molar-refractivity contribution is -0.141. The molecule has 4 aromatic rings. The summed E-state index contributed by atoms with van der Waals surface area (Å²) in [5.74, 6) is 0. The maximum absolute atomic E-state index is 13.3. The van der Waals surface area contributed by atoms with E-state index >= 15 is 0 Å². The molecule has 160 valence electrons. The number of para-hydroxylation sites is 1. The number of halogens is 3. The van der Waals surface area contributed by atoms with Crippen LogP contribution in [-0.4, -0.2) is 33.8 Å². The molecule has 0 aliphatic rings. The molecule has 0 saturated carbocycles.